The number of amides is 1. The number of carbonyl (C=O) groups is 1. The van der Waals surface area contributed by atoms with Crippen molar-refractivity contribution in [3.8, 4) is 16.9 Å². The third-order valence-corrected chi connectivity index (χ3v) is 5.80. The van der Waals surface area contributed by atoms with E-state index in [-0.39, 0.29) is 12.0 Å². The summed E-state index contributed by atoms with van der Waals surface area (Å²) in [4.78, 5) is 15.0. The number of nitrogens with zero attached hydrogens (tertiary/aromatic N) is 1. The fourth-order valence-corrected chi connectivity index (χ4v) is 4.16. The Kier molecular flexibility index (Phi) is 6.59. The first-order chi connectivity index (χ1) is 15.0. The SMILES string of the molecule is Cc1cc(Cl)cc(C(=O)Nc2cccc(-c3ccc(OC4CCN(C)CC4)cc3)c2)c1. The molecule has 4 nitrogen and oxygen atoms in total. The van der Waals surface area contributed by atoms with Gasteiger partial charge in [-0.15, -0.1) is 0 Å². The highest BCUT2D eigenvalue weighted by atomic mass is 35.5. The van der Waals surface area contributed by atoms with E-state index in [0.29, 0.717) is 10.6 Å². The minimum Gasteiger partial charge on any atom is -0.490 e. The fraction of sp³-hybridized carbons (Fsp3) is 0.269. The molecular formula is C26H27ClN2O2. The van der Waals surface area contributed by atoms with Crippen LogP contribution in [0.4, 0.5) is 5.69 Å². The van der Waals surface area contributed by atoms with Gasteiger partial charge in [0.2, 0.25) is 0 Å². The minimum absolute atomic E-state index is 0.176. The smallest absolute Gasteiger partial charge is 0.255 e. The molecule has 4 rings (SSSR count). The third kappa shape index (κ3) is 5.66. The van der Waals surface area contributed by atoms with Crippen molar-refractivity contribution < 1.29 is 9.53 Å². The summed E-state index contributed by atoms with van der Waals surface area (Å²) in [5, 5.41) is 3.52. The molecule has 160 valence electrons. The largest absolute Gasteiger partial charge is 0.490 e. The molecule has 1 fully saturated rings. The van der Waals surface area contributed by atoms with Gasteiger partial charge in [-0.05, 0) is 86.0 Å². The Morgan fingerprint density at radius 2 is 1.74 bits per heavy atom. The molecule has 1 heterocycles. The van der Waals surface area contributed by atoms with E-state index >= 15 is 0 Å². The van der Waals surface area contributed by atoms with Crippen LogP contribution in [0.15, 0.2) is 66.7 Å². The number of hydrogen-bond donors (Lipinski definition) is 1. The molecule has 1 N–H and O–H groups in total. The number of likely N-dealkylation sites (tertiary alicyclic amines) is 1. The van der Waals surface area contributed by atoms with Crippen LogP contribution in [0.1, 0.15) is 28.8 Å². The zero-order valence-corrected chi connectivity index (χ0v) is 18.7. The fourth-order valence-electron chi connectivity index (χ4n) is 3.87. The zero-order valence-electron chi connectivity index (χ0n) is 17.9. The number of ether oxygens (including phenoxy) is 1. The Hall–Kier alpha value is -2.82. The van der Waals surface area contributed by atoms with Crippen LogP contribution in [0.2, 0.25) is 5.02 Å². The van der Waals surface area contributed by atoms with Gasteiger partial charge in [0.05, 0.1) is 0 Å². The van der Waals surface area contributed by atoms with Gasteiger partial charge in [-0.3, -0.25) is 4.79 Å². The Labute approximate surface area is 188 Å². The van der Waals surface area contributed by atoms with E-state index < -0.39 is 0 Å². The lowest BCUT2D eigenvalue weighted by Crippen LogP contribution is -2.35. The summed E-state index contributed by atoms with van der Waals surface area (Å²) >= 11 is 6.09. The first kappa shape index (κ1) is 21.4. The molecule has 0 atom stereocenters. The topological polar surface area (TPSA) is 41.6 Å². The number of hydrogen-bond acceptors (Lipinski definition) is 3. The molecular weight excluding hydrogens is 408 g/mol. The van der Waals surface area contributed by atoms with Crippen molar-refractivity contribution in [2.75, 3.05) is 25.5 Å². The van der Waals surface area contributed by atoms with Gasteiger partial charge < -0.3 is 15.0 Å². The predicted octanol–water partition coefficient (Wildman–Crippen LogP) is 6.04. The second kappa shape index (κ2) is 9.54. The van der Waals surface area contributed by atoms with Crippen molar-refractivity contribution in [2.24, 2.45) is 0 Å². The summed E-state index contributed by atoms with van der Waals surface area (Å²) < 4.78 is 6.14. The summed E-state index contributed by atoms with van der Waals surface area (Å²) in [5.41, 5.74) is 4.35. The van der Waals surface area contributed by atoms with E-state index in [0.717, 1.165) is 54.1 Å². The highest BCUT2D eigenvalue weighted by Gasteiger charge is 2.18. The number of halogens is 1. The maximum atomic E-state index is 12.6. The summed E-state index contributed by atoms with van der Waals surface area (Å²) in [6.45, 7) is 4.08. The summed E-state index contributed by atoms with van der Waals surface area (Å²) in [6, 6.07) is 21.3. The van der Waals surface area contributed by atoms with Gasteiger partial charge in [0, 0.05) is 29.4 Å². The van der Waals surface area contributed by atoms with E-state index in [2.05, 4.69) is 29.4 Å². The predicted molar refractivity (Wildman–Crippen MR) is 127 cm³/mol. The number of anilines is 1. The monoisotopic (exact) mass is 434 g/mol. The molecule has 3 aromatic rings. The van der Waals surface area contributed by atoms with E-state index in [4.69, 9.17) is 16.3 Å². The molecule has 3 aromatic carbocycles. The van der Waals surface area contributed by atoms with Gasteiger partial charge in [-0.25, -0.2) is 0 Å². The Morgan fingerprint density at radius 3 is 2.45 bits per heavy atom. The van der Waals surface area contributed by atoms with Crippen LogP contribution >= 0.6 is 11.6 Å². The van der Waals surface area contributed by atoms with Crippen molar-refractivity contribution >= 4 is 23.2 Å². The second-order valence-corrected chi connectivity index (χ2v) is 8.63. The number of benzene rings is 3. The number of rotatable bonds is 5. The van der Waals surface area contributed by atoms with Crippen LogP contribution in [0, 0.1) is 6.92 Å². The molecule has 0 aliphatic carbocycles. The molecule has 0 aromatic heterocycles. The molecule has 1 aliphatic heterocycles. The zero-order chi connectivity index (χ0) is 21.8. The Morgan fingerprint density at radius 1 is 1.00 bits per heavy atom. The van der Waals surface area contributed by atoms with Crippen LogP contribution < -0.4 is 10.1 Å². The van der Waals surface area contributed by atoms with Crippen LogP contribution in [-0.2, 0) is 0 Å². The molecule has 1 saturated heterocycles. The lowest BCUT2D eigenvalue weighted by molar-refractivity contribution is 0.102. The number of piperidine rings is 1. The van der Waals surface area contributed by atoms with Gasteiger partial charge in [0.1, 0.15) is 11.9 Å². The van der Waals surface area contributed by atoms with Crippen molar-refractivity contribution in [3.63, 3.8) is 0 Å². The van der Waals surface area contributed by atoms with Crippen LogP contribution in [0.3, 0.4) is 0 Å². The van der Waals surface area contributed by atoms with Crippen molar-refractivity contribution in [3.05, 3.63) is 82.9 Å². The summed E-state index contributed by atoms with van der Waals surface area (Å²) in [6.07, 6.45) is 2.41. The molecule has 1 aliphatic rings. The quantitative estimate of drug-likeness (QED) is 0.532. The molecule has 5 heteroatoms. The first-order valence-electron chi connectivity index (χ1n) is 10.6. The standard InChI is InChI=1S/C26H27ClN2O2/c1-18-14-21(16-22(27)15-18)26(30)28-23-5-3-4-20(17-23)19-6-8-24(9-7-19)31-25-10-12-29(2)13-11-25/h3-9,14-17,25H,10-13H2,1-2H3,(H,28,30). The highest BCUT2D eigenvalue weighted by Crippen LogP contribution is 2.27. The van der Waals surface area contributed by atoms with Gasteiger partial charge >= 0.3 is 0 Å². The maximum absolute atomic E-state index is 12.6. The number of carbonyl (C=O) groups excluding carboxylic acids is 1. The lowest BCUT2D eigenvalue weighted by Gasteiger charge is -2.29. The van der Waals surface area contributed by atoms with Gasteiger partial charge in [-0.2, -0.15) is 0 Å². The third-order valence-electron chi connectivity index (χ3n) is 5.58. The van der Waals surface area contributed by atoms with Crippen molar-refractivity contribution in [1.82, 2.24) is 4.90 Å². The molecule has 0 bridgehead atoms. The summed E-state index contributed by atoms with van der Waals surface area (Å²) in [5.74, 6) is 0.726. The average molecular weight is 435 g/mol. The Balaban J connectivity index is 1.43. The maximum Gasteiger partial charge on any atom is 0.255 e. The van der Waals surface area contributed by atoms with Gasteiger partial charge in [0.25, 0.3) is 5.91 Å². The Bertz CT molecular complexity index is 1040. The molecule has 31 heavy (non-hydrogen) atoms. The molecule has 0 radical (unpaired) electrons. The molecule has 0 spiro atoms. The average Bonchev–Trinajstić information content (AvgIpc) is 2.75. The van der Waals surface area contributed by atoms with E-state index in [9.17, 15) is 4.79 Å². The van der Waals surface area contributed by atoms with Crippen molar-refractivity contribution in [2.45, 2.75) is 25.9 Å². The lowest BCUT2D eigenvalue weighted by atomic mass is 10.0. The van der Waals surface area contributed by atoms with Gasteiger partial charge in [-0.1, -0.05) is 35.9 Å². The van der Waals surface area contributed by atoms with E-state index in [1.165, 1.54) is 0 Å². The van der Waals surface area contributed by atoms with Crippen LogP contribution in [-0.4, -0.2) is 37.0 Å². The highest BCUT2D eigenvalue weighted by molar-refractivity contribution is 6.31. The van der Waals surface area contributed by atoms with Crippen molar-refractivity contribution in [1.29, 1.82) is 0 Å². The molecule has 0 saturated carbocycles. The minimum atomic E-state index is -0.176. The number of aryl methyl sites for hydroxylation is 1. The van der Waals surface area contributed by atoms with Gasteiger partial charge in [0.15, 0.2) is 0 Å². The van der Waals surface area contributed by atoms with Crippen LogP contribution in [0.5, 0.6) is 5.75 Å². The summed E-state index contributed by atoms with van der Waals surface area (Å²) in [7, 11) is 2.15. The van der Waals surface area contributed by atoms with E-state index in [1.807, 2.05) is 55.5 Å². The molecule has 0 unspecified atom stereocenters. The van der Waals surface area contributed by atoms with Crippen LogP contribution in [0.25, 0.3) is 11.1 Å². The normalized spacial score (nSPS) is 14.9. The van der Waals surface area contributed by atoms with E-state index in [1.54, 1.807) is 6.07 Å². The first-order valence-corrected chi connectivity index (χ1v) is 11.0. The molecule has 1 amide bonds. The second-order valence-electron chi connectivity index (χ2n) is 8.20. The number of nitrogens with one attached hydrogen (secondary N) is 1.